The maximum atomic E-state index is 6.23. The Morgan fingerprint density at radius 2 is 2.00 bits per heavy atom. The van der Waals surface area contributed by atoms with Crippen LogP contribution < -0.4 is 5.73 Å². The van der Waals surface area contributed by atoms with Crippen molar-refractivity contribution in [3.63, 3.8) is 0 Å². The second-order valence-electron chi connectivity index (χ2n) is 5.08. The van der Waals surface area contributed by atoms with E-state index < -0.39 is 0 Å². The number of hydrogen-bond donors (Lipinski definition) is 1. The highest BCUT2D eigenvalue weighted by atomic mass is 127. The third kappa shape index (κ3) is 3.66. The van der Waals surface area contributed by atoms with Crippen LogP contribution in [0.4, 0.5) is 5.69 Å². The van der Waals surface area contributed by atoms with E-state index in [1.807, 2.05) is 42.1 Å². The smallest absolute Gasteiger partial charge is 0.200 e. The van der Waals surface area contributed by atoms with Crippen LogP contribution in [0.25, 0.3) is 0 Å². The number of rotatable bonds is 1. The maximum absolute atomic E-state index is 6.23. The molecule has 0 unspecified atom stereocenters. The molecule has 0 radical (unpaired) electrons. The fourth-order valence-corrected chi connectivity index (χ4v) is 3.89. The molecule has 2 heterocycles. The highest BCUT2D eigenvalue weighted by molar-refractivity contribution is 14.0. The fraction of sp³-hybridized carbons (Fsp3) is 0.400. The number of nitrogens with two attached hydrogens (primary N) is 1. The lowest BCUT2D eigenvalue weighted by molar-refractivity contribution is 0.467. The molecule has 1 aromatic rings. The second kappa shape index (κ2) is 7.40. The number of halogens is 1. The van der Waals surface area contributed by atoms with Crippen LogP contribution in [0.5, 0.6) is 0 Å². The number of aliphatic imine (C=N–C) groups is 1. The van der Waals surface area contributed by atoms with Gasteiger partial charge in [-0.05, 0) is 25.0 Å². The fourth-order valence-electron chi connectivity index (χ4n) is 2.64. The molecule has 0 saturated carbocycles. The van der Waals surface area contributed by atoms with E-state index in [-0.39, 0.29) is 24.0 Å². The molecule has 2 N–H and O–H groups in total. The van der Waals surface area contributed by atoms with Gasteiger partial charge in [-0.25, -0.2) is 4.99 Å². The molecule has 114 valence electrons. The van der Waals surface area contributed by atoms with E-state index in [1.165, 1.54) is 16.5 Å². The minimum absolute atomic E-state index is 0. The van der Waals surface area contributed by atoms with Crippen molar-refractivity contribution in [3.05, 3.63) is 41.1 Å². The Hall–Kier alpha value is -0.890. The number of thioether (sulfide) groups is 1. The first-order chi connectivity index (χ1) is 9.75. The standard InChI is InChI=1S/C15H20N4S.HI/c1-18-10-11-20-14(18)13-8-5-9-19(13)15(16)17-12-6-3-2-4-7-12;/h2-4,6-7H,5,8-11H2,1H3,(H2,16,17);1H. The molecule has 0 bridgehead atoms. The van der Waals surface area contributed by atoms with E-state index in [1.54, 1.807) is 0 Å². The van der Waals surface area contributed by atoms with Crippen LogP contribution in [-0.2, 0) is 0 Å². The van der Waals surface area contributed by atoms with Crippen molar-refractivity contribution in [1.82, 2.24) is 9.80 Å². The lowest BCUT2D eigenvalue weighted by atomic mass is 10.3. The van der Waals surface area contributed by atoms with Crippen molar-refractivity contribution in [2.24, 2.45) is 10.7 Å². The van der Waals surface area contributed by atoms with Gasteiger partial charge in [0.2, 0.25) is 5.96 Å². The van der Waals surface area contributed by atoms with Crippen LogP contribution >= 0.6 is 35.7 Å². The van der Waals surface area contributed by atoms with Crippen LogP contribution in [0.15, 0.2) is 46.1 Å². The van der Waals surface area contributed by atoms with Crippen LogP contribution in [0.3, 0.4) is 0 Å². The Morgan fingerprint density at radius 1 is 1.24 bits per heavy atom. The van der Waals surface area contributed by atoms with Crippen LogP contribution in [0.2, 0.25) is 0 Å². The summed E-state index contributed by atoms with van der Waals surface area (Å²) in [5, 5.41) is 1.37. The molecule has 0 aromatic heterocycles. The normalized spacial score (nSPS) is 22.6. The summed E-state index contributed by atoms with van der Waals surface area (Å²) in [5.74, 6) is 1.77. The third-order valence-electron chi connectivity index (χ3n) is 3.66. The Labute approximate surface area is 147 Å². The predicted molar refractivity (Wildman–Crippen MR) is 101 cm³/mol. The van der Waals surface area contributed by atoms with E-state index in [4.69, 9.17) is 5.73 Å². The SMILES string of the molecule is CN1CCSC1=C1CCCN1C(N)=Nc1ccccc1.I. The van der Waals surface area contributed by atoms with Crippen LogP contribution in [-0.4, -0.2) is 41.6 Å². The molecule has 2 aliphatic rings. The molecule has 0 aliphatic carbocycles. The lowest BCUT2D eigenvalue weighted by Gasteiger charge is -2.23. The van der Waals surface area contributed by atoms with Gasteiger partial charge < -0.3 is 15.5 Å². The molecule has 1 aromatic carbocycles. The minimum Gasteiger partial charge on any atom is -0.369 e. The van der Waals surface area contributed by atoms with Gasteiger partial charge in [0.25, 0.3) is 0 Å². The number of hydrogen-bond acceptors (Lipinski definition) is 3. The Kier molecular flexibility index (Phi) is 5.80. The van der Waals surface area contributed by atoms with Crippen molar-refractivity contribution in [2.75, 3.05) is 25.9 Å². The zero-order chi connectivity index (χ0) is 13.9. The summed E-state index contributed by atoms with van der Waals surface area (Å²) in [6, 6.07) is 9.91. The van der Waals surface area contributed by atoms with Gasteiger partial charge in [0.15, 0.2) is 0 Å². The van der Waals surface area contributed by atoms with E-state index in [0.29, 0.717) is 5.96 Å². The summed E-state index contributed by atoms with van der Waals surface area (Å²) in [7, 11) is 2.16. The highest BCUT2D eigenvalue weighted by Crippen LogP contribution is 2.35. The molecule has 6 heteroatoms. The zero-order valence-corrected chi connectivity index (χ0v) is 15.3. The highest BCUT2D eigenvalue weighted by Gasteiger charge is 2.27. The van der Waals surface area contributed by atoms with Gasteiger partial charge >= 0.3 is 0 Å². The summed E-state index contributed by atoms with van der Waals surface area (Å²) >= 11 is 1.93. The van der Waals surface area contributed by atoms with Gasteiger partial charge in [-0.2, -0.15) is 0 Å². The summed E-state index contributed by atoms with van der Waals surface area (Å²) in [5.41, 5.74) is 8.48. The van der Waals surface area contributed by atoms with Gasteiger partial charge in [0.1, 0.15) is 0 Å². The maximum Gasteiger partial charge on any atom is 0.200 e. The first kappa shape index (κ1) is 16.5. The molecule has 2 saturated heterocycles. The van der Waals surface area contributed by atoms with Crippen molar-refractivity contribution >= 4 is 47.4 Å². The number of benzene rings is 1. The van der Waals surface area contributed by atoms with Crippen molar-refractivity contribution in [3.8, 4) is 0 Å². The number of guanidine groups is 1. The van der Waals surface area contributed by atoms with Crippen LogP contribution in [0.1, 0.15) is 12.8 Å². The second-order valence-corrected chi connectivity index (χ2v) is 6.17. The molecule has 21 heavy (non-hydrogen) atoms. The average Bonchev–Trinajstić information content (AvgIpc) is 3.07. The van der Waals surface area contributed by atoms with E-state index in [0.717, 1.165) is 31.6 Å². The van der Waals surface area contributed by atoms with Gasteiger partial charge in [-0.15, -0.1) is 35.7 Å². The molecule has 0 amide bonds. The molecule has 2 aliphatic heterocycles. The summed E-state index contributed by atoms with van der Waals surface area (Å²) in [6.07, 6.45) is 2.25. The number of allylic oxidation sites excluding steroid dienone is 1. The largest absolute Gasteiger partial charge is 0.369 e. The first-order valence-electron chi connectivity index (χ1n) is 6.99. The topological polar surface area (TPSA) is 44.9 Å². The summed E-state index contributed by atoms with van der Waals surface area (Å²) in [6.45, 7) is 2.09. The van der Waals surface area contributed by atoms with Gasteiger partial charge in [-0.1, -0.05) is 18.2 Å². The Morgan fingerprint density at radius 3 is 2.67 bits per heavy atom. The molecule has 2 fully saturated rings. The monoisotopic (exact) mass is 416 g/mol. The number of nitrogens with zero attached hydrogens (tertiary/aromatic N) is 3. The van der Waals surface area contributed by atoms with Crippen molar-refractivity contribution in [2.45, 2.75) is 12.8 Å². The zero-order valence-electron chi connectivity index (χ0n) is 12.2. The van der Waals surface area contributed by atoms with E-state index >= 15 is 0 Å². The first-order valence-corrected chi connectivity index (χ1v) is 7.98. The average molecular weight is 416 g/mol. The van der Waals surface area contributed by atoms with Gasteiger partial charge in [0.05, 0.1) is 16.4 Å². The van der Waals surface area contributed by atoms with Crippen molar-refractivity contribution < 1.29 is 0 Å². The quantitative estimate of drug-likeness (QED) is 0.434. The predicted octanol–water partition coefficient (Wildman–Crippen LogP) is 3.19. The molecule has 4 nitrogen and oxygen atoms in total. The number of para-hydroxylation sites is 1. The lowest BCUT2D eigenvalue weighted by Crippen LogP contribution is -2.34. The summed E-state index contributed by atoms with van der Waals surface area (Å²) in [4.78, 5) is 9.05. The Bertz CT molecular complexity index is 544. The molecule has 0 atom stereocenters. The molecular weight excluding hydrogens is 395 g/mol. The number of likely N-dealkylation sites (tertiary alicyclic amines) is 1. The third-order valence-corrected chi connectivity index (χ3v) is 4.86. The van der Waals surface area contributed by atoms with Crippen molar-refractivity contribution in [1.29, 1.82) is 0 Å². The van der Waals surface area contributed by atoms with E-state index in [9.17, 15) is 0 Å². The molecule has 3 rings (SSSR count). The van der Waals surface area contributed by atoms with E-state index in [2.05, 4.69) is 21.8 Å². The minimum atomic E-state index is 0. The molecule has 0 spiro atoms. The molecular formula is C15H21IN4S. The van der Waals surface area contributed by atoms with Crippen LogP contribution in [0, 0.1) is 0 Å². The van der Waals surface area contributed by atoms with Gasteiger partial charge in [0, 0.05) is 25.9 Å². The Balaban J connectivity index is 0.00000161. The van der Waals surface area contributed by atoms with Gasteiger partial charge in [-0.3, -0.25) is 0 Å². The summed E-state index contributed by atoms with van der Waals surface area (Å²) < 4.78 is 0.